The van der Waals surface area contributed by atoms with Crippen LogP contribution in [-0.4, -0.2) is 37.1 Å². The Hall–Kier alpha value is -1.12. The summed E-state index contributed by atoms with van der Waals surface area (Å²) in [6.45, 7) is 11.6. The molecule has 0 spiro atoms. The van der Waals surface area contributed by atoms with Crippen LogP contribution in [0.2, 0.25) is 0 Å². The van der Waals surface area contributed by atoms with Crippen molar-refractivity contribution < 1.29 is 0 Å². The molecule has 1 heterocycles. The molecule has 2 rings (SSSR count). The molecule has 2 nitrogen and oxygen atoms in total. The highest BCUT2D eigenvalue weighted by atomic mass is 15.1. The molecule has 0 unspecified atom stereocenters. The van der Waals surface area contributed by atoms with Crippen molar-refractivity contribution >= 4 is 6.08 Å². The summed E-state index contributed by atoms with van der Waals surface area (Å²) in [5, 5.41) is 3.72. The lowest BCUT2D eigenvalue weighted by atomic mass is 10.0. The van der Waals surface area contributed by atoms with Gasteiger partial charge < -0.3 is 10.2 Å². The van der Waals surface area contributed by atoms with Crippen LogP contribution in [-0.2, 0) is 0 Å². The summed E-state index contributed by atoms with van der Waals surface area (Å²) < 4.78 is 0. The number of nitrogens with one attached hydrogen (secondary N) is 1. The number of nitrogens with zero attached hydrogens (tertiary/aromatic N) is 1. The molecular formula is C19H30N2. The molecule has 1 aliphatic rings. The van der Waals surface area contributed by atoms with Crippen LogP contribution < -0.4 is 5.32 Å². The van der Waals surface area contributed by atoms with Gasteiger partial charge in [0.25, 0.3) is 0 Å². The van der Waals surface area contributed by atoms with Crippen molar-refractivity contribution in [3.63, 3.8) is 0 Å². The second-order valence-electron chi connectivity index (χ2n) is 6.75. The van der Waals surface area contributed by atoms with Crippen molar-refractivity contribution in [2.24, 2.45) is 5.92 Å². The molecule has 0 saturated carbocycles. The van der Waals surface area contributed by atoms with Crippen LogP contribution in [0.15, 0.2) is 35.9 Å². The third-order valence-corrected chi connectivity index (χ3v) is 4.09. The topological polar surface area (TPSA) is 15.3 Å². The van der Waals surface area contributed by atoms with Gasteiger partial charge in [0.15, 0.2) is 0 Å². The van der Waals surface area contributed by atoms with Crippen LogP contribution in [0.1, 0.15) is 39.2 Å². The van der Waals surface area contributed by atoms with Crippen molar-refractivity contribution in [2.45, 2.75) is 39.7 Å². The largest absolute Gasteiger partial charge is 0.310 e. The van der Waals surface area contributed by atoms with Gasteiger partial charge in [0.05, 0.1) is 0 Å². The lowest BCUT2D eigenvalue weighted by Gasteiger charge is -2.33. The minimum Gasteiger partial charge on any atom is -0.310 e. The van der Waals surface area contributed by atoms with Gasteiger partial charge in [0.2, 0.25) is 0 Å². The van der Waals surface area contributed by atoms with Gasteiger partial charge in [-0.15, -0.1) is 0 Å². The normalized spacial score (nSPS) is 18.4. The maximum atomic E-state index is 3.72. The van der Waals surface area contributed by atoms with E-state index >= 15 is 0 Å². The molecule has 0 aliphatic carbocycles. The van der Waals surface area contributed by atoms with E-state index < -0.39 is 0 Å². The van der Waals surface area contributed by atoms with E-state index in [9.17, 15) is 0 Å². The molecule has 1 aromatic rings. The predicted octanol–water partition coefficient (Wildman–Crippen LogP) is 3.80. The molecule has 116 valence electrons. The first-order valence-corrected chi connectivity index (χ1v) is 8.31. The van der Waals surface area contributed by atoms with Gasteiger partial charge in [-0.1, -0.05) is 55.8 Å². The molecule has 0 radical (unpaired) electrons. The van der Waals surface area contributed by atoms with E-state index in [1.54, 1.807) is 0 Å². The van der Waals surface area contributed by atoms with Gasteiger partial charge in [0, 0.05) is 19.1 Å². The number of likely N-dealkylation sites (tertiary alicyclic amines) is 1. The number of benzene rings is 1. The summed E-state index contributed by atoms with van der Waals surface area (Å²) in [4.78, 5) is 2.61. The molecule has 1 aliphatic heterocycles. The SMILES string of the molecule is C/C(=C\c1ccccc1)CNC1CCN(CC(C)C)CC1. The zero-order valence-electron chi connectivity index (χ0n) is 13.8. The standard InChI is InChI=1S/C19H30N2/c1-16(2)15-21-11-9-19(10-12-21)20-14-17(3)13-18-7-5-4-6-8-18/h4-8,13,16,19-20H,9-12,14-15H2,1-3H3/b17-13+. The van der Waals surface area contributed by atoms with Gasteiger partial charge in [-0.05, 0) is 44.3 Å². The minimum atomic E-state index is 0.688. The second kappa shape index (κ2) is 8.35. The maximum absolute atomic E-state index is 3.72. The molecule has 21 heavy (non-hydrogen) atoms. The van der Waals surface area contributed by atoms with E-state index in [1.165, 1.54) is 43.6 Å². The van der Waals surface area contributed by atoms with Crippen molar-refractivity contribution in [2.75, 3.05) is 26.2 Å². The highest BCUT2D eigenvalue weighted by Gasteiger charge is 2.18. The van der Waals surface area contributed by atoms with E-state index in [2.05, 4.69) is 67.4 Å². The van der Waals surface area contributed by atoms with Crippen molar-refractivity contribution in [3.8, 4) is 0 Å². The Labute approximate surface area is 130 Å². The minimum absolute atomic E-state index is 0.688. The number of piperidine rings is 1. The average Bonchev–Trinajstić information content (AvgIpc) is 2.47. The van der Waals surface area contributed by atoms with Gasteiger partial charge >= 0.3 is 0 Å². The summed E-state index contributed by atoms with van der Waals surface area (Å²) in [6, 6.07) is 11.3. The van der Waals surface area contributed by atoms with E-state index in [4.69, 9.17) is 0 Å². The number of hydrogen-bond acceptors (Lipinski definition) is 2. The smallest absolute Gasteiger partial charge is 0.0167 e. The number of rotatable bonds is 6. The molecule has 0 aromatic heterocycles. The summed E-state index contributed by atoms with van der Waals surface area (Å²) >= 11 is 0. The molecule has 1 aromatic carbocycles. The Balaban J connectivity index is 1.71. The lowest BCUT2D eigenvalue weighted by Crippen LogP contribution is -2.43. The Morgan fingerprint density at radius 2 is 1.90 bits per heavy atom. The van der Waals surface area contributed by atoms with Crippen LogP contribution in [0.3, 0.4) is 0 Å². The van der Waals surface area contributed by atoms with Gasteiger partial charge in [-0.2, -0.15) is 0 Å². The molecule has 1 N–H and O–H groups in total. The Bertz CT molecular complexity index is 428. The third kappa shape index (κ3) is 6.03. The van der Waals surface area contributed by atoms with Crippen molar-refractivity contribution in [1.29, 1.82) is 0 Å². The van der Waals surface area contributed by atoms with Crippen LogP contribution in [0.5, 0.6) is 0 Å². The fraction of sp³-hybridized carbons (Fsp3) is 0.579. The van der Waals surface area contributed by atoms with Crippen molar-refractivity contribution in [3.05, 3.63) is 41.5 Å². The molecule has 0 atom stereocenters. The lowest BCUT2D eigenvalue weighted by molar-refractivity contribution is 0.181. The zero-order chi connectivity index (χ0) is 15.1. The van der Waals surface area contributed by atoms with Crippen LogP contribution in [0.4, 0.5) is 0 Å². The Morgan fingerprint density at radius 3 is 2.52 bits per heavy atom. The molecule has 0 bridgehead atoms. The first kappa shape index (κ1) is 16.3. The average molecular weight is 286 g/mol. The highest BCUT2D eigenvalue weighted by molar-refractivity contribution is 5.52. The molecule has 2 heteroatoms. The van der Waals surface area contributed by atoms with Gasteiger partial charge in [-0.3, -0.25) is 0 Å². The maximum Gasteiger partial charge on any atom is 0.0167 e. The van der Waals surface area contributed by atoms with Crippen LogP contribution in [0, 0.1) is 5.92 Å². The summed E-state index contributed by atoms with van der Waals surface area (Å²) in [6.07, 6.45) is 4.84. The quantitative estimate of drug-likeness (QED) is 0.855. The summed E-state index contributed by atoms with van der Waals surface area (Å²) in [5.74, 6) is 0.783. The highest BCUT2D eigenvalue weighted by Crippen LogP contribution is 2.13. The van der Waals surface area contributed by atoms with Gasteiger partial charge in [0.1, 0.15) is 0 Å². The molecule has 1 fully saturated rings. The molecular weight excluding hydrogens is 256 g/mol. The number of hydrogen-bond donors (Lipinski definition) is 1. The van der Waals surface area contributed by atoms with E-state index in [0.29, 0.717) is 6.04 Å². The third-order valence-electron chi connectivity index (χ3n) is 4.09. The second-order valence-corrected chi connectivity index (χ2v) is 6.75. The first-order chi connectivity index (χ1) is 10.1. The molecule has 1 saturated heterocycles. The van der Waals surface area contributed by atoms with Crippen molar-refractivity contribution in [1.82, 2.24) is 10.2 Å². The summed E-state index contributed by atoms with van der Waals surface area (Å²) in [5.41, 5.74) is 2.70. The van der Waals surface area contributed by atoms with Crippen LogP contribution in [0.25, 0.3) is 6.08 Å². The van der Waals surface area contributed by atoms with Crippen LogP contribution >= 0.6 is 0 Å². The Morgan fingerprint density at radius 1 is 1.24 bits per heavy atom. The van der Waals surface area contributed by atoms with E-state index in [0.717, 1.165) is 12.5 Å². The summed E-state index contributed by atoms with van der Waals surface area (Å²) in [7, 11) is 0. The fourth-order valence-electron chi connectivity index (χ4n) is 3.03. The zero-order valence-corrected chi connectivity index (χ0v) is 13.8. The van der Waals surface area contributed by atoms with Gasteiger partial charge in [-0.25, -0.2) is 0 Å². The Kier molecular flexibility index (Phi) is 6.47. The van der Waals surface area contributed by atoms with E-state index in [1.807, 2.05) is 0 Å². The monoisotopic (exact) mass is 286 g/mol. The first-order valence-electron chi connectivity index (χ1n) is 8.31. The van der Waals surface area contributed by atoms with E-state index in [-0.39, 0.29) is 0 Å². The molecule has 0 amide bonds. The predicted molar refractivity (Wildman–Crippen MR) is 92.4 cm³/mol. The fourth-order valence-corrected chi connectivity index (χ4v) is 3.03.